The molecule has 9 nitrogen and oxygen atoms in total. The van der Waals surface area contributed by atoms with Gasteiger partial charge in [0, 0.05) is 6.42 Å². The number of rotatable bonds is 49. The van der Waals surface area contributed by atoms with E-state index in [0.717, 1.165) is 38.5 Å². The third kappa shape index (κ3) is 36.6. The second-order valence-corrected chi connectivity index (χ2v) is 20.1. The first-order chi connectivity index (χ1) is 31.8. The summed E-state index contributed by atoms with van der Waals surface area (Å²) in [4.78, 5) is 13.0. The van der Waals surface area contributed by atoms with E-state index in [1.807, 2.05) is 0 Å². The predicted octanol–water partition coefficient (Wildman–Crippen LogP) is 13.6. The maximum atomic E-state index is 13.0. The van der Waals surface area contributed by atoms with Gasteiger partial charge in [-0.25, -0.2) is 0 Å². The van der Waals surface area contributed by atoms with E-state index in [4.69, 9.17) is 9.47 Å². The monoisotopic (exact) mass is 924 g/mol. The molecule has 1 rings (SSSR count). The summed E-state index contributed by atoms with van der Waals surface area (Å²) in [6.07, 6.45) is 49.8. The minimum absolute atomic E-state index is 0.134. The van der Waals surface area contributed by atoms with Gasteiger partial charge in [0.2, 0.25) is 5.91 Å². The molecule has 1 aliphatic rings. The Morgan fingerprint density at radius 3 is 1.25 bits per heavy atom. The zero-order valence-electron chi connectivity index (χ0n) is 42.8. The Hall–Kier alpha value is -1.07. The molecule has 1 amide bonds. The summed E-state index contributed by atoms with van der Waals surface area (Å²) < 4.78 is 11.3. The van der Waals surface area contributed by atoms with E-state index in [1.165, 1.54) is 218 Å². The first-order valence-electron chi connectivity index (χ1n) is 28.4. The average Bonchev–Trinajstić information content (AvgIpc) is 3.31. The van der Waals surface area contributed by atoms with Crippen LogP contribution in [0.2, 0.25) is 0 Å². The Balaban J connectivity index is 2.09. The molecule has 0 aromatic rings. The summed E-state index contributed by atoms with van der Waals surface area (Å²) in [6, 6.07) is -0.714. The van der Waals surface area contributed by atoms with Gasteiger partial charge in [-0.2, -0.15) is 0 Å². The van der Waals surface area contributed by atoms with Gasteiger partial charge in [-0.15, -0.1) is 0 Å². The topological polar surface area (TPSA) is 149 Å². The number of nitrogens with one attached hydrogen (secondary N) is 1. The minimum atomic E-state index is -1.55. The summed E-state index contributed by atoms with van der Waals surface area (Å²) in [5, 5.41) is 54.4. The van der Waals surface area contributed by atoms with Crippen molar-refractivity contribution in [2.75, 3.05) is 13.2 Å². The molecule has 386 valence electrons. The van der Waals surface area contributed by atoms with Gasteiger partial charge in [0.25, 0.3) is 0 Å². The van der Waals surface area contributed by atoms with Crippen molar-refractivity contribution in [3.63, 3.8) is 0 Å². The average molecular weight is 924 g/mol. The van der Waals surface area contributed by atoms with Crippen molar-refractivity contribution in [1.29, 1.82) is 0 Å². The summed E-state index contributed by atoms with van der Waals surface area (Å²) >= 11 is 0. The van der Waals surface area contributed by atoms with Crippen molar-refractivity contribution in [3.8, 4) is 0 Å². The highest BCUT2D eigenvalue weighted by Crippen LogP contribution is 2.23. The summed E-state index contributed by atoms with van der Waals surface area (Å²) in [5.41, 5.74) is 0. The lowest BCUT2D eigenvalue weighted by molar-refractivity contribution is -0.302. The number of aliphatic hydroxyl groups excluding tert-OH is 5. The highest BCUT2D eigenvalue weighted by Gasteiger charge is 2.44. The molecule has 1 aliphatic heterocycles. The minimum Gasteiger partial charge on any atom is -0.394 e. The second-order valence-electron chi connectivity index (χ2n) is 20.1. The van der Waals surface area contributed by atoms with Crippen LogP contribution in [0.5, 0.6) is 0 Å². The van der Waals surface area contributed by atoms with Gasteiger partial charge in [0.15, 0.2) is 6.29 Å². The summed E-state index contributed by atoms with van der Waals surface area (Å²) in [6.45, 7) is 3.85. The predicted molar refractivity (Wildman–Crippen MR) is 272 cm³/mol. The van der Waals surface area contributed by atoms with Crippen LogP contribution < -0.4 is 5.32 Å². The zero-order valence-corrected chi connectivity index (χ0v) is 42.8. The fourth-order valence-electron chi connectivity index (χ4n) is 9.34. The van der Waals surface area contributed by atoms with Crippen LogP contribution in [0.4, 0.5) is 0 Å². The Labute approximate surface area is 401 Å². The summed E-state index contributed by atoms with van der Waals surface area (Å²) in [7, 11) is 0. The van der Waals surface area contributed by atoms with Gasteiger partial charge < -0.3 is 40.3 Å². The van der Waals surface area contributed by atoms with Crippen LogP contribution >= 0.6 is 0 Å². The molecular formula is C56H109NO8. The van der Waals surface area contributed by atoms with E-state index in [0.29, 0.717) is 12.8 Å². The smallest absolute Gasteiger partial charge is 0.220 e. The van der Waals surface area contributed by atoms with Crippen molar-refractivity contribution in [3.05, 3.63) is 12.2 Å². The third-order valence-corrected chi connectivity index (χ3v) is 13.9. The molecule has 0 spiro atoms. The Morgan fingerprint density at radius 2 is 0.862 bits per heavy atom. The van der Waals surface area contributed by atoms with Gasteiger partial charge in [-0.1, -0.05) is 251 Å². The van der Waals surface area contributed by atoms with Crippen molar-refractivity contribution >= 4 is 5.91 Å². The van der Waals surface area contributed by atoms with Gasteiger partial charge >= 0.3 is 0 Å². The molecule has 0 bridgehead atoms. The second kappa shape index (κ2) is 46.6. The standard InChI is InChI=1S/C56H109NO8/c1-3-5-7-9-11-13-15-16-17-18-19-20-21-22-23-24-25-26-27-28-29-30-31-32-33-34-36-38-40-42-44-46-52(60)57-49(48-64-56-55(63)54(62)53(61)51(47-58)65-56)50(59)45-43-41-39-37-35-14-12-10-8-6-4-2/h22-23,49-51,53-56,58-59,61-63H,3-21,24-48H2,1-2H3,(H,57,60)/b23-22-. The Kier molecular flexibility index (Phi) is 44.5. The molecule has 9 heteroatoms. The van der Waals surface area contributed by atoms with Crippen LogP contribution in [-0.2, 0) is 14.3 Å². The van der Waals surface area contributed by atoms with Crippen LogP contribution in [-0.4, -0.2) is 87.5 Å². The van der Waals surface area contributed by atoms with E-state index in [2.05, 4.69) is 31.3 Å². The molecule has 0 aromatic carbocycles. The van der Waals surface area contributed by atoms with E-state index in [1.54, 1.807) is 0 Å². The lowest BCUT2D eigenvalue weighted by Gasteiger charge is -2.40. The van der Waals surface area contributed by atoms with Crippen LogP contribution in [0, 0.1) is 0 Å². The first-order valence-corrected chi connectivity index (χ1v) is 28.4. The molecule has 65 heavy (non-hydrogen) atoms. The lowest BCUT2D eigenvalue weighted by Crippen LogP contribution is -2.60. The molecule has 0 aliphatic carbocycles. The molecular weight excluding hydrogens is 815 g/mol. The first kappa shape index (κ1) is 61.9. The van der Waals surface area contributed by atoms with Gasteiger partial charge in [0.1, 0.15) is 24.4 Å². The van der Waals surface area contributed by atoms with Crippen molar-refractivity contribution in [1.82, 2.24) is 5.32 Å². The highest BCUT2D eigenvalue weighted by molar-refractivity contribution is 5.76. The number of aliphatic hydroxyl groups is 5. The fraction of sp³-hybridized carbons (Fsp3) is 0.946. The molecule has 1 heterocycles. The van der Waals surface area contributed by atoms with Gasteiger partial charge in [-0.3, -0.25) is 4.79 Å². The quantitative estimate of drug-likeness (QED) is 0.0261. The maximum absolute atomic E-state index is 13.0. The van der Waals surface area contributed by atoms with Crippen LogP contribution in [0.3, 0.4) is 0 Å². The van der Waals surface area contributed by atoms with Crippen LogP contribution in [0.15, 0.2) is 12.2 Å². The molecule has 1 fully saturated rings. The van der Waals surface area contributed by atoms with Gasteiger partial charge in [0.05, 0.1) is 25.4 Å². The SMILES string of the molecule is CCCCCCCCCCCCCC/C=C\CCCCCCCCCCCCCCCCCC(=O)NC(COC1OC(CO)C(O)C(O)C1O)C(O)CCCCCCCCCCCCC. The fourth-order valence-corrected chi connectivity index (χ4v) is 9.34. The molecule has 0 saturated carbocycles. The number of ether oxygens (including phenoxy) is 2. The van der Waals surface area contributed by atoms with Crippen LogP contribution in [0.1, 0.15) is 284 Å². The third-order valence-electron chi connectivity index (χ3n) is 13.9. The number of hydrogen-bond acceptors (Lipinski definition) is 8. The molecule has 7 unspecified atom stereocenters. The number of carbonyl (C=O) groups excluding carboxylic acids is 1. The zero-order chi connectivity index (χ0) is 47.3. The molecule has 6 N–H and O–H groups in total. The number of unbranched alkanes of at least 4 members (excludes halogenated alkanes) is 37. The Bertz CT molecular complexity index is 1030. The number of allylic oxidation sites excluding steroid dienone is 2. The van der Waals surface area contributed by atoms with E-state index in [9.17, 15) is 30.3 Å². The van der Waals surface area contributed by atoms with Crippen molar-refractivity contribution in [2.24, 2.45) is 0 Å². The van der Waals surface area contributed by atoms with Crippen LogP contribution in [0.25, 0.3) is 0 Å². The van der Waals surface area contributed by atoms with Crippen molar-refractivity contribution in [2.45, 2.75) is 326 Å². The Morgan fingerprint density at radius 1 is 0.508 bits per heavy atom. The van der Waals surface area contributed by atoms with E-state index >= 15 is 0 Å². The molecule has 0 radical (unpaired) electrons. The largest absolute Gasteiger partial charge is 0.394 e. The van der Waals surface area contributed by atoms with Crippen molar-refractivity contribution < 1.29 is 39.8 Å². The number of hydrogen-bond donors (Lipinski definition) is 6. The normalized spacial score (nSPS) is 19.9. The summed E-state index contributed by atoms with van der Waals surface area (Å²) in [5.74, 6) is -0.141. The lowest BCUT2D eigenvalue weighted by atomic mass is 9.99. The van der Waals surface area contributed by atoms with Gasteiger partial charge in [-0.05, 0) is 38.5 Å². The number of amides is 1. The van der Waals surface area contributed by atoms with E-state index < -0.39 is 49.5 Å². The number of carbonyl (C=O) groups is 1. The maximum Gasteiger partial charge on any atom is 0.220 e. The van der Waals surface area contributed by atoms with E-state index in [-0.39, 0.29) is 12.5 Å². The molecule has 7 atom stereocenters. The molecule has 0 aromatic heterocycles. The highest BCUT2D eigenvalue weighted by atomic mass is 16.7. The molecule has 1 saturated heterocycles.